The van der Waals surface area contributed by atoms with Crippen molar-refractivity contribution in [1.29, 1.82) is 0 Å². The van der Waals surface area contributed by atoms with Crippen LogP contribution in [-0.2, 0) is 14.4 Å². The van der Waals surface area contributed by atoms with E-state index in [-0.39, 0.29) is 108 Å². The van der Waals surface area contributed by atoms with E-state index in [0.29, 0.717) is 0 Å². The summed E-state index contributed by atoms with van der Waals surface area (Å²) in [5.41, 5.74) is 0. The Morgan fingerprint density at radius 2 is 0.765 bits per heavy atom. The van der Waals surface area contributed by atoms with Crippen LogP contribution in [0.5, 0.6) is 0 Å². The molecule has 0 aliphatic heterocycles. The van der Waals surface area contributed by atoms with Crippen LogP contribution in [-0.4, -0.2) is 55.6 Å². The molecule has 0 heterocycles. The van der Waals surface area contributed by atoms with E-state index in [4.69, 9.17) is 0 Å². The first-order chi connectivity index (χ1) is 6.81. The maximum Gasteiger partial charge on any atom is 2.00 e. The van der Waals surface area contributed by atoms with Crippen molar-refractivity contribution >= 4 is 55.6 Å². The molecule has 0 N–H and O–H groups in total. The second-order valence-corrected chi connectivity index (χ2v) is 2.18. The zero-order chi connectivity index (χ0) is 12.9. The van der Waals surface area contributed by atoms with Gasteiger partial charge in [0.25, 0.3) is 0 Å². The van der Waals surface area contributed by atoms with Gasteiger partial charge in [-0.15, -0.1) is 0 Å². The molecule has 0 aromatic carbocycles. The second kappa shape index (κ2) is 26.0. The summed E-state index contributed by atoms with van der Waals surface area (Å²) >= 11 is 0. The number of hydrogen-bond acceptors (Lipinski definition) is 6. The Labute approximate surface area is 174 Å². The molecule has 17 heavy (non-hydrogen) atoms. The van der Waals surface area contributed by atoms with Crippen LogP contribution in [0.25, 0.3) is 0 Å². The van der Waals surface area contributed by atoms with Gasteiger partial charge in [0.2, 0.25) is 0 Å². The van der Waals surface area contributed by atoms with Gasteiger partial charge < -0.3 is 29.7 Å². The molecule has 0 aliphatic rings. The number of carbonyl (C=O) groups excluding carboxylic acids is 3. The quantitative estimate of drug-likeness (QED) is 0.478. The van der Waals surface area contributed by atoms with Gasteiger partial charge in [-0.3, -0.25) is 0 Å². The Kier molecular flexibility index (Phi) is 47.3. The Hall–Kier alpha value is 1.31. The first kappa shape index (κ1) is 31.0. The zero-order valence-corrected chi connectivity index (χ0v) is 16.1. The molecule has 0 saturated heterocycles. The van der Waals surface area contributed by atoms with E-state index in [1.165, 1.54) is 20.8 Å². The average Bonchev–Trinajstić information content (AvgIpc) is 2.19. The number of carboxylic acid groups (broad SMARTS) is 3. The Bertz CT molecular complexity index is 165. The molecule has 0 aliphatic carbocycles. The van der Waals surface area contributed by atoms with Gasteiger partial charge in [-0.25, -0.2) is 0 Å². The molecule has 90 valence electrons. The van der Waals surface area contributed by atoms with E-state index >= 15 is 0 Å². The first-order valence-electron chi connectivity index (χ1n) is 4.41. The van der Waals surface area contributed by atoms with Gasteiger partial charge in [0.1, 0.15) is 0 Å². The second-order valence-electron chi connectivity index (χ2n) is 2.18. The van der Waals surface area contributed by atoms with Gasteiger partial charge >= 0.3 is 89.1 Å². The van der Waals surface area contributed by atoms with Crippen LogP contribution in [0, 0.1) is 0 Å². The molecule has 8 heteroatoms. The summed E-state index contributed by atoms with van der Waals surface area (Å²) in [4.78, 5) is 27.8. The average molecular weight is 298 g/mol. The normalized spacial score (nSPS) is 6.53. The van der Waals surface area contributed by atoms with Gasteiger partial charge in [-0.05, 0) is 19.3 Å². The largest absolute Gasteiger partial charge is 2.00 e. The van der Waals surface area contributed by atoms with E-state index in [9.17, 15) is 29.7 Å². The number of carbonyl (C=O) groups is 3. The fraction of sp³-hybridized carbons (Fsp3) is 0.667. The van der Waals surface area contributed by atoms with Crippen molar-refractivity contribution in [3.63, 3.8) is 0 Å². The number of carboxylic acids is 3. The maximum absolute atomic E-state index is 9.26. The third kappa shape index (κ3) is 76.0. The topological polar surface area (TPSA) is 120 Å². The summed E-state index contributed by atoms with van der Waals surface area (Å²) in [5, 5.41) is 27.8. The van der Waals surface area contributed by atoms with Crippen molar-refractivity contribution < 1.29 is 81.1 Å². The maximum atomic E-state index is 9.26. The van der Waals surface area contributed by atoms with Crippen LogP contribution in [0.15, 0.2) is 0 Å². The smallest absolute Gasteiger partial charge is 0.550 e. The molecule has 0 spiro atoms. The van der Waals surface area contributed by atoms with E-state index in [1.54, 1.807) is 0 Å². The van der Waals surface area contributed by atoms with Gasteiger partial charge in [0, 0.05) is 17.9 Å². The van der Waals surface area contributed by atoms with Crippen molar-refractivity contribution in [2.24, 2.45) is 0 Å². The molecule has 0 fully saturated rings. The van der Waals surface area contributed by atoms with Gasteiger partial charge in [0.15, 0.2) is 0 Å². The predicted molar refractivity (Wildman–Crippen MR) is 51.6 cm³/mol. The van der Waals surface area contributed by atoms with Gasteiger partial charge in [0.05, 0.1) is 0 Å². The first-order valence-corrected chi connectivity index (χ1v) is 4.41. The summed E-state index contributed by atoms with van der Waals surface area (Å²) in [5.74, 6) is -2.99. The van der Waals surface area contributed by atoms with Crippen molar-refractivity contribution in [2.45, 2.75) is 40.0 Å². The zero-order valence-electron chi connectivity index (χ0n) is 10.8. The van der Waals surface area contributed by atoms with Crippen LogP contribution in [0.4, 0.5) is 0 Å². The Morgan fingerprint density at radius 1 is 0.706 bits per heavy atom. The van der Waals surface area contributed by atoms with Crippen molar-refractivity contribution in [3.05, 3.63) is 0 Å². The van der Waals surface area contributed by atoms with Gasteiger partial charge in [-0.2, -0.15) is 0 Å². The van der Waals surface area contributed by atoms with Crippen molar-refractivity contribution in [1.82, 2.24) is 0 Å². The number of aliphatic carboxylic acids is 3. The third-order valence-corrected chi connectivity index (χ3v) is 0.866. The number of rotatable bonds is 3. The third-order valence-electron chi connectivity index (χ3n) is 0.866. The molecule has 0 radical (unpaired) electrons. The summed E-state index contributed by atoms with van der Waals surface area (Å²) < 4.78 is 0. The fourth-order valence-electron chi connectivity index (χ4n) is 0. The monoisotopic (exact) mass is 298 g/mol. The molecule has 0 bridgehead atoms. The summed E-state index contributed by atoms with van der Waals surface area (Å²) in [7, 11) is 0. The Morgan fingerprint density at radius 3 is 0.765 bits per heavy atom. The summed E-state index contributed by atoms with van der Waals surface area (Å²) in [6, 6.07) is 0. The molecular formula is C9H15CaKO6. The van der Waals surface area contributed by atoms with Crippen LogP contribution < -0.4 is 66.7 Å². The minimum absolute atomic E-state index is 0. The molecule has 0 aromatic heterocycles. The molecule has 0 rings (SSSR count). The SMILES string of the molecule is CCC(=O)[O-].CCC(=O)[O-].CCC(=O)[O-].[Ca+2].[K+]. The molecular weight excluding hydrogens is 283 g/mol. The minimum Gasteiger partial charge on any atom is -0.550 e. The summed E-state index contributed by atoms with van der Waals surface area (Å²) in [6.07, 6.45) is 0.333. The molecule has 0 amide bonds. The van der Waals surface area contributed by atoms with Crippen molar-refractivity contribution in [3.8, 4) is 0 Å². The van der Waals surface area contributed by atoms with Crippen LogP contribution in [0.3, 0.4) is 0 Å². The van der Waals surface area contributed by atoms with Crippen LogP contribution >= 0.6 is 0 Å². The van der Waals surface area contributed by atoms with E-state index in [2.05, 4.69) is 0 Å². The minimum atomic E-state index is -0.995. The molecule has 0 atom stereocenters. The van der Waals surface area contributed by atoms with Crippen LogP contribution in [0.1, 0.15) is 40.0 Å². The number of hydrogen-bond donors (Lipinski definition) is 0. The standard InChI is InChI=1S/3C3H6O2.Ca.K/c3*1-2-3(4)5;;/h3*2H2,1H3,(H,4,5);;/q;;;+2;+1/p-3. The van der Waals surface area contributed by atoms with Gasteiger partial charge in [-0.1, -0.05) is 20.8 Å². The summed E-state index contributed by atoms with van der Waals surface area (Å²) in [6.45, 7) is 4.61. The molecule has 0 aromatic rings. The van der Waals surface area contributed by atoms with E-state index in [1.807, 2.05) is 0 Å². The molecule has 6 nitrogen and oxygen atoms in total. The molecule has 0 saturated carbocycles. The Balaban J connectivity index is -0.0000000400. The van der Waals surface area contributed by atoms with Crippen molar-refractivity contribution in [2.75, 3.05) is 0 Å². The van der Waals surface area contributed by atoms with Crippen LogP contribution in [0.2, 0.25) is 0 Å². The molecule has 0 unspecified atom stereocenters. The van der Waals surface area contributed by atoms with E-state index in [0.717, 1.165) is 0 Å². The fourth-order valence-corrected chi connectivity index (χ4v) is 0. The predicted octanol–water partition coefficient (Wildman–Crippen LogP) is -5.94. The van der Waals surface area contributed by atoms with E-state index < -0.39 is 17.9 Å².